The van der Waals surface area contributed by atoms with E-state index in [1.165, 1.54) is 10.4 Å². The van der Waals surface area contributed by atoms with Crippen LogP contribution in [0.1, 0.15) is 31.2 Å². The summed E-state index contributed by atoms with van der Waals surface area (Å²) in [6.45, 7) is 0.747. The van der Waals surface area contributed by atoms with E-state index < -0.39 is 21.8 Å². The van der Waals surface area contributed by atoms with Crippen LogP contribution in [0.5, 0.6) is 0 Å². The van der Waals surface area contributed by atoms with Gasteiger partial charge in [0.15, 0.2) is 0 Å². The zero-order valence-electron chi connectivity index (χ0n) is 10.9. The van der Waals surface area contributed by atoms with Crippen molar-refractivity contribution in [1.82, 2.24) is 4.31 Å². The van der Waals surface area contributed by atoms with Crippen LogP contribution in [0.4, 0.5) is 13.2 Å². The minimum absolute atomic E-state index is 0.283. The van der Waals surface area contributed by atoms with E-state index in [4.69, 9.17) is 0 Å². The van der Waals surface area contributed by atoms with Gasteiger partial charge in [-0.2, -0.15) is 17.5 Å². The number of alkyl halides is 3. The lowest BCUT2D eigenvalue weighted by Crippen LogP contribution is -2.32. The van der Waals surface area contributed by atoms with E-state index in [0.29, 0.717) is 19.2 Å². The van der Waals surface area contributed by atoms with Gasteiger partial charge in [-0.05, 0) is 31.0 Å². The molecule has 3 nitrogen and oxygen atoms in total. The quantitative estimate of drug-likeness (QED) is 0.841. The summed E-state index contributed by atoms with van der Waals surface area (Å²) in [7, 11) is -3.83. The number of nitrogens with zero attached hydrogens (tertiary/aromatic N) is 1. The van der Waals surface area contributed by atoms with Crippen molar-refractivity contribution in [2.45, 2.75) is 36.8 Å². The highest BCUT2D eigenvalue weighted by Crippen LogP contribution is 2.31. The number of halogens is 3. The number of hydrogen-bond acceptors (Lipinski definition) is 2. The molecule has 0 atom stereocenters. The predicted molar refractivity (Wildman–Crippen MR) is 68.7 cm³/mol. The van der Waals surface area contributed by atoms with Gasteiger partial charge in [-0.25, -0.2) is 8.42 Å². The third kappa shape index (κ3) is 3.32. The average molecular weight is 307 g/mol. The Labute approximate surface area is 116 Å². The van der Waals surface area contributed by atoms with Crippen LogP contribution in [0.2, 0.25) is 0 Å². The van der Waals surface area contributed by atoms with E-state index in [2.05, 4.69) is 0 Å². The number of hydrogen-bond donors (Lipinski definition) is 0. The van der Waals surface area contributed by atoms with Crippen molar-refractivity contribution in [3.63, 3.8) is 0 Å². The summed E-state index contributed by atoms with van der Waals surface area (Å²) in [5.74, 6) is 0. The summed E-state index contributed by atoms with van der Waals surface area (Å²) in [5, 5.41) is 0. The van der Waals surface area contributed by atoms with Gasteiger partial charge in [0.2, 0.25) is 10.0 Å². The third-order valence-electron chi connectivity index (χ3n) is 3.36. The molecular formula is C13H16F3NO2S. The Morgan fingerprint density at radius 1 is 1.00 bits per heavy atom. The van der Waals surface area contributed by atoms with Crippen molar-refractivity contribution < 1.29 is 21.6 Å². The van der Waals surface area contributed by atoms with Crippen molar-refractivity contribution >= 4 is 10.0 Å². The average Bonchev–Trinajstić information content (AvgIpc) is 2.67. The Morgan fingerprint density at radius 2 is 1.60 bits per heavy atom. The maximum absolute atomic E-state index is 12.7. The fourth-order valence-corrected chi connectivity index (χ4v) is 3.83. The zero-order chi connectivity index (χ0) is 14.8. The minimum Gasteiger partial charge on any atom is -0.207 e. The lowest BCUT2D eigenvalue weighted by Gasteiger charge is -2.20. The number of benzene rings is 1. The molecule has 0 bridgehead atoms. The lowest BCUT2D eigenvalue weighted by molar-refractivity contribution is -0.137. The van der Waals surface area contributed by atoms with E-state index in [-0.39, 0.29) is 4.90 Å². The van der Waals surface area contributed by atoms with Gasteiger partial charge in [-0.3, -0.25) is 0 Å². The van der Waals surface area contributed by atoms with Gasteiger partial charge in [0.25, 0.3) is 0 Å². The fraction of sp³-hybridized carbons (Fsp3) is 0.538. The van der Waals surface area contributed by atoms with Crippen LogP contribution in [-0.2, 0) is 16.2 Å². The fourth-order valence-electron chi connectivity index (χ4n) is 2.26. The van der Waals surface area contributed by atoms with Crippen LogP contribution < -0.4 is 0 Å². The first kappa shape index (κ1) is 15.3. The molecule has 1 aromatic carbocycles. The Balaban J connectivity index is 2.34. The second-order valence-electron chi connectivity index (χ2n) is 4.84. The zero-order valence-corrected chi connectivity index (χ0v) is 11.7. The van der Waals surface area contributed by atoms with E-state index >= 15 is 0 Å². The molecule has 0 aromatic heterocycles. The van der Waals surface area contributed by atoms with Gasteiger partial charge in [0, 0.05) is 13.1 Å². The SMILES string of the molecule is O=S(=O)(c1cccc(C(F)(F)F)c1)N1CCCCCC1. The molecule has 1 aliphatic heterocycles. The van der Waals surface area contributed by atoms with Gasteiger partial charge in [-0.15, -0.1) is 0 Å². The van der Waals surface area contributed by atoms with Crippen molar-refractivity contribution in [3.8, 4) is 0 Å². The van der Waals surface area contributed by atoms with Gasteiger partial charge >= 0.3 is 6.18 Å². The van der Waals surface area contributed by atoms with Gasteiger partial charge in [0.05, 0.1) is 10.5 Å². The van der Waals surface area contributed by atoms with E-state index in [0.717, 1.165) is 37.8 Å². The Morgan fingerprint density at radius 3 is 2.15 bits per heavy atom. The van der Waals surface area contributed by atoms with Crippen LogP contribution in [-0.4, -0.2) is 25.8 Å². The Bertz CT molecular complexity index is 561. The van der Waals surface area contributed by atoms with Crippen molar-refractivity contribution in [3.05, 3.63) is 29.8 Å². The normalized spacial score (nSPS) is 18.8. The summed E-state index contributed by atoms with van der Waals surface area (Å²) in [5.41, 5.74) is -0.937. The molecule has 1 fully saturated rings. The summed E-state index contributed by atoms with van der Waals surface area (Å²) in [6.07, 6.45) is -1.13. The van der Waals surface area contributed by atoms with Crippen LogP contribution >= 0.6 is 0 Å². The molecule has 0 amide bonds. The van der Waals surface area contributed by atoms with E-state index in [1.54, 1.807) is 0 Å². The number of rotatable bonds is 2. The van der Waals surface area contributed by atoms with Crippen molar-refractivity contribution in [1.29, 1.82) is 0 Å². The van der Waals surface area contributed by atoms with Crippen molar-refractivity contribution in [2.75, 3.05) is 13.1 Å². The molecule has 0 saturated carbocycles. The number of sulfonamides is 1. The summed E-state index contributed by atoms with van der Waals surface area (Å²) >= 11 is 0. The van der Waals surface area contributed by atoms with Gasteiger partial charge in [0.1, 0.15) is 0 Å². The molecule has 1 heterocycles. The lowest BCUT2D eigenvalue weighted by atomic mass is 10.2. The molecule has 7 heteroatoms. The van der Waals surface area contributed by atoms with E-state index in [9.17, 15) is 21.6 Å². The minimum atomic E-state index is -4.54. The maximum atomic E-state index is 12.7. The Hall–Kier alpha value is -1.08. The molecule has 1 saturated heterocycles. The van der Waals surface area contributed by atoms with Crippen LogP contribution in [0.25, 0.3) is 0 Å². The van der Waals surface area contributed by atoms with Crippen LogP contribution in [0.3, 0.4) is 0 Å². The second kappa shape index (κ2) is 5.73. The predicted octanol–water partition coefficient (Wildman–Crippen LogP) is 3.27. The molecule has 2 rings (SSSR count). The first-order valence-electron chi connectivity index (χ1n) is 6.49. The first-order valence-corrected chi connectivity index (χ1v) is 7.93. The molecular weight excluding hydrogens is 291 g/mol. The summed E-state index contributed by atoms with van der Waals surface area (Å²) in [4.78, 5) is -0.283. The van der Waals surface area contributed by atoms with Crippen LogP contribution in [0.15, 0.2) is 29.2 Å². The molecule has 112 valence electrons. The van der Waals surface area contributed by atoms with Gasteiger partial charge in [-0.1, -0.05) is 18.9 Å². The largest absolute Gasteiger partial charge is 0.416 e. The third-order valence-corrected chi connectivity index (χ3v) is 5.26. The van der Waals surface area contributed by atoms with Gasteiger partial charge < -0.3 is 0 Å². The van der Waals surface area contributed by atoms with Crippen molar-refractivity contribution in [2.24, 2.45) is 0 Å². The summed E-state index contributed by atoms with van der Waals surface area (Å²) in [6, 6.07) is 3.94. The maximum Gasteiger partial charge on any atom is 0.416 e. The highest BCUT2D eigenvalue weighted by Gasteiger charge is 2.33. The van der Waals surface area contributed by atoms with Crippen LogP contribution in [0, 0.1) is 0 Å². The summed E-state index contributed by atoms with van der Waals surface area (Å²) < 4.78 is 64.0. The smallest absolute Gasteiger partial charge is 0.207 e. The first-order chi connectivity index (χ1) is 9.32. The highest BCUT2D eigenvalue weighted by atomic mass is 32.2. The molecule has 1 aromatic rings. The monoisotopic (exact) mass is 307 g/mol. The molecule has 1 aliphatic rings. The molecule has 20 heavy (non-hydrogen) atoms. The molecule has 0 N–H and O–H groups in total. The Kier molecular flexibility index (Phi) is 4.39. The molecule has 0 spiro atoms. The molecule has 0 radical (unpaired) electrons. The second-order valence-corrected chi connectivity index (χ2v) is 6.78. The topological polar surface area (TPSA) is 37.4 Å². The molecule has 0 aliphatic carbocycles. The van der Waals surface area contributed by atoms with E-state index in [1.807, 2.05) is 0 Å². The standard InChI is InChI=1S/C13H16F3NO2S/c14-13(15,16)11-6-5-7-12(10-11)20(18,19)17-8-3-1-2-4-9-17/h5-7,10H,1-4,8-9H2. The highest BCUT2D eigenvalue weighted by molar-refractivity contribution is 7.89. The molecule has 0 unspecified atom stereocenters.